The minimum absolute atomic E-state index is 0.331. The second-order valence-electron chi connectivity index (χ2n) is 6.66. The zero-order valence-corrected chi connectivity index (χ0v) is 16.0. The Hall–Kier alpha value is -3.40. The molecule has 0 spiro atoms. The van der Waals surface area contributed by atoms with Gasteiger partial charge in [0.25, 0.3) is 5.91 Å². The average Bonchev–Trinajstić information content (AvgIpc) is 2.72. The number of anilines is 1. The lowest BCUT2D eigenvalue weighted by Crippen LogP contribution is -2.24. The third kappa shape index (κ3) is 4.65. The molecule has 0 radical (unpaired) electrons. The van der Waals surface area contributed by atoms with Crippen LogP contribution in [0.5, 0.6) is 0 Å². The third-order valence-corrected chi connectivity index (χ3v) is 4.73. The van der Waals surface area contributed by atoms with Crippen LogP contribution in [0.2, 0.25) is 0 Å². The number of amides is 1. The number of hydrogen-bond donors (Lipinski definition) is 1. The van der Waals surface area contributed by atoms with E-state index in [4.69, 9.17) is 4.74 Å². The molecule has 1 N–H and O–H groups in total. The van der Waals surface area contributed by atoms with Crippen molar-refractivity contribution in [2.75, 3.05) is 11.9 Å². The van der Waals surface area contributed by atoms with Gasteiger partial charge >= 0.3 is 5.97 Å². The summed E-state index contributed by atoms with van der Waals surface area (Å²) in [7, 11) is 0. The maximum absolute atomic E-state index is 12.8. The van der Waals surface area contributed by atoms with Gasteiger partial charge in [0.15, 0.2) is 6.61 Å². The van der Waals surface area contributed by atoms with Crippen molar-refractivity contribution in [3.63, 3.8) is 0 Å². The van der Waals surface area contributed by atoms with Crippen LogP contribution in [-0.2, 0) is 14.3 Å². The molecule has 0 aromatic heterocycles. The molecule has 4 nitrogen and oxygen atoms in total. The van der Waals surface area contributed by atoms with E-state index in [0.29, 0.717) is 0 Å². The Balaban J connectivity index is 1.70. The highest BCUT2D eigenvalue weighted by atomic mass is 16.5. The fourth-order valence-corrected chi connectivity index (χ4v) is 3.05. The van der Waals surface area contributed by atoms with Gasteiger partial charge in [-0.15, -0.1) is 0 Å². The van der Waals surface area contributed by atoms with Crippen molar-refractivity contribution in [3.8, 4) is 0 Å². The van der Waals surface area contributed by atoms with Crippen molar-refractivity contribution in [2.24, 2.45) is 0 Å². The summed E-state index contributed by atoms with van der Waals surface area (Å²) in [6.07, 6.45) is 0. The van der Waals surface area contributed by atoms with Gasteiger partial charge in [0.1, 0.15) is 5.92 Å². The summed E-state index contributed by atoms with van der Waals surface area (Å²) < 4.78 is 5.37. The average molecular weight is 373 g/mol. The van der Waals surface area contributed by atoms with Gasteiger partial charge in [0.2, 0.25) is 0 Å². The van der Waals surface area contributed by atoms with Crippen LogP contribution in [0.15, 0.2) is 78.9 Å². The molecule has 0 saturated carbocycles. The Morgan fingerprint density at radius 3 is 1.96 bits per heavy atom. The molecule has 0 aliphatic heterocycles. The van der Waals surface area contributed by atoms with E-state index in [1.807, 2.05) is 92.7 Å². The number of aryl methyl sites for hydroxylation is 1. The summed E-state index contributed by atoms with van der Waals surface area (Å²) in [6.45, 7) is 3.59. The monoisotopic (exact) mass is 373 g/mol. The second kappa shape index (κ2) is 9.00. The number of carbonyl (C=O) groups is 2. The Morgan fingerprint density at radius 2 is 1.39 bits per heavy atom. The largest absolute Gasteiger partial charge is 0.455 e. The second-order valence-corrected chi connectivity index (χ2v) is 6.66. The summed E-state index contributed by atoms with van der Waals surface area (Å²) in [6, 6.07) is 24.5. The highest BCUT2D eigenvalue weighted by Gasteiger charge is 2.24. The molecule has 142 valence electrons. The molecule has 0 bridgehead atoms. The number of esters is 1. The Labute approximate surface area is 165 Å². The Bertz CT molecular complexity index is 913. The molecule has 1 amide bonds. The number of benzene rings is 3. The highest BCUT2D eigenvalue weighted by Crippen LogP contribution is 2.26. The minimum Gasteiger partial charge on any atom is -0.455 e. The van der Waals surface area contributed by atoms with Gasteiger partial charge in [0.05, 0.1) is 0 Å². The molecule has 0 aliphatic rings. The van der Waals surface area contributed by atoms with Gasteiger partial charge in [0, 0.05) is 5.69 Å². The van der Waals surface area contributed by atoms with Crippen LogP contribution in [0.3, 0.4) is 0 Å². The van der Waals surface area contributed by atoms with Gasteiger partial charge in [-0.05, 0) is 42.2 Å². The molecule has 0 saturated heterocycles. The predicted molar refractivity (Wildman–Crippen MR) is 110 cm³/mol. The molecule has 3 aromatic carbocycles. The first-order valence-electron chi connectivity index (χ1n) is 9.19. The zero-order valence-electron chi connectivity index (χ0n) is 16.0. The zero-order chi connectivity index (χ0) is 19.9. The molecule has 0 aliphatic carbocycles. The van der Waals surface area contributed by atoms with Crippen LogP contribution in [0, 0.1) is 13.8 Å². The summed E-state index contributed by atoms with van der Waals surface area (Å²) in [5.41, 5.74) is 4.46. The molecule has 3 rings (SSSR count). The molecule has 0 atom stereocenters. The predicted octanol–water partition coefficient (Wildman–Crippen LogP) is 4.62. The maximum atomic E-state index is 12.8. The first kappa shape index (κ1) is 19.4. The SMILES string of the molecule is Cc1cccc(NC(=O)COC(=O)C(c2ccccc2)c2ccccc2)c1C. The van der Waals surface area contributed by atoms with Crippen LogP contribution < -0.4 is 5.32 Å². The summed E-state index contributed by atoms with van der Waals surface area (Å²) >= 11 is 0. The normalized spacial score (nSPS) is 10.5. The van der Waals surface area contributed by atoms with Gasteiger partial charge in [-0.1, -0.05) is 72.8 Å². The van der Waals surface area contributed by atoms with E-state index in [0.717, 1.165) is 27.9 Å². The quantitative estimate of drug-likeness (QED) is 0.642. The van der Waals surface area contributed by atoms with Crippen LogP contribution in [0.4, 0.5) is 5.69 Å². The third-order valence-electron chi connectivity index (χ3n) is 4.73. The number of nitrogens with one attached hydrogen (secondary N) is 1. The van der Waals surface area contributed by atoms with Gasteiger partial charge in [-0.3, -0.25) is 9.59 Å². The molecule has 0 fully saturated rings. The van der Waals surface area contributed by atoms with Crippen molar-refractivity contribution in [2.45, 2.75) is 19.8 Å². The van der Waals surface area contributed by atoms with Gasteiger partial charge in [-0.25, -0.2) is 0 Å². The summed E-state index contributed by atoms with van der Waals surface area (Å²) in [5.74, 6) is -1.38. The molecule has 3 aromatic rings. The summed E-state index contributed by atoms with van der Waals surface area (Å²) in [4.78, 5) is 25.1. The first-order valence-corrected chi connectivity index (χ1v) is 9.19. The Morgan fingerprint density at radius 1 is 0.821 bits per heavy atom. The number of rotatable bonds is 6. The van der Waals surface area contributed by atoms with Crippen LogP contribution in [0.1, 0.15) is 28.2 Å². The van der Waals surface area contributed by atoms with Crippen molar-refractivity contribution in [1.82, 2.24) is 0 Å². The lowest BCUT2D eigenvalue weighted by atomic mass is 9.91. The van der Waals surface area contributed by atoms with Crippen LogP contribution >= 0.6 is 0 Å². The van der Waals surface area contributed by atoms with Crippen LogP contribution in [-0.4, -0.2) is 18.5 Å². The van der Waals surface area contributed by atoms with E-state index in [9.17, 15) is 9.59 Å². The number of ether oxygens (including phenoxy) is 1. The van der Waals surface area contributed by atoms with Crippen molar-refractivity contribution in [1.29, 1.82) is 0 Å². The van der Waals surface area contributed by atoms with E-state index in [-0.39, 0.29) is 12.5 Å². The van der Waals surface area contributed by atoms with Gasteiger partial charge in [-0.2, -0.15) is 0 Å². The van der Waals surface area contributed by atoms with E-state index in [1.165, 1.54) is 0 Å². The van der Waals surface area contributed by atoms with Crippen molar-refractivity contribution >= 4 is 17.6 Å². The van der Waals surface area contributed by atoms with Gasteiger partial charge < -0.3 is 10.1 Å². The number of hydrogen-bond acceptors (Lipinski definition) is 3. The molecule has 0 heterocycles. The lowest BCUT2D eigenvalue weighted by molar-refractivity contribution is -0.147. The first-order chi connectivity index (χ1) is 13.6. The van der Waals surface area contributed by atoms with Crippen molar-refractivity contribution < 1.29 is 14.3 Å². The summed E-state index contributed by atoms with van der Waals surface area (Å²) in [5, 5.41) is 2.81. The smallest absolute Gasteiger partial charge is 0.318 e. The minimum atomic E-state index is -0.573. The molecular formula is C24H23NO3. The molecule has 4 heteroatoms. The lowest BCUT2D eigenvalue weighted by Gasteiger charge is -2.17. The van der Waals surface area contributed by atoms with E-state index in [1.54, 1.807) is 0 Å². The van der Waals surface area contributed by atoms with E-state index >= 15 is 0 Å². The maximum Gasteiger partial charge on any atom is 0.318 e. The van der Waals surface area contributed by atoms with Crippen molar-refractivity contribution in [3.05, 3.63) is 101 Å². The fraction of sp³-hybridized carbons (Fsp3) is 0.167. The topological polar surface area (TPSA) is 55.4 Å². The van der Waals surface area contributed by atoms with Crippen LogP contribution in [0.25, 0.3) is 0 Å². The molecule has 0 unspecified atom stereocenters. The van der Waals surface area contributed by atoms with E-state index < -0.39 is 11.9 Å². The fourth-order valence-electron chi connectivity index (χ4n) is 3.05. The molecular weight excluding hydrogens is 350 g/mol. The standard InChI is InChI=1S/C24H23NO3/c1-17-10-9-15-21(18(17)2)25-22(26)16-28-24(27)23(19-11-5-3-6-12-19)20-13-7-4-8-14-20/h3-15,23H,16H2,1-2H3,(H,25,26). The highest BCUT2D eigenvalue weighted by molar-refractivity contribution is 5.94. The number of carbonyl (C=O) groups excluding carboxylic acids is 2. The Kier molecular flexibility index (Phi) is 6.22. The molecule has 28 heavy (non-hydrogen) atoms. The van der Waals surface area contributed by atoms with E-state index in [2.05, 4.69) is 5.32 Å².